The summed E-state index contributed by atoms with van der Waals surface area (Å²) < 4.78 is 1.09. The van der Waals surface area contributed by atoms with Crippen molar-refractivity contribution in [2.24, 2.45) is 5.73 Å². The van der Waals surface area contributed by atoms with Gasteiger partial charge in [0.15, 0.2) is 0 Å². The number of hydrogen-bond acceptors (Lipinski definition) is 3. The monoisotopic (exact) mass is 310 g/mol. The van der Waals surface area contributed by atoms with E-state index in [1.807, 2.05) is 19.1 Å². The van der Waals surface area contributed by atoms with Crippen LogP contribution in [-0.4, -0.2) is 11.0 Å². The predicted octanol–water partition coefficient (Wildman–Crippen LogP) is 3.85. The largest absolute Gasteiger partial charge is 0.328 e. The van der Waals surface area contributed by atoms with Crippen LogP contribution in [0.2, 0.25) is 0 Å². The number of rotatable bonds is 4. The Morgan fingerprint density at radius 1 is 1.47 bits per heavy atom. The van der Waals surface area contributed by atoms with Crippen LogP contribution in [0.4, 0.5) is 0 Å². The van der Waals surface area contributed by atoms with Crippen molar-refractivity contribution in [1.82, 2.24) is 4.98 Å². The van der Waals surface area contributed by atoms with Crippen LogP contribution < -0.4 is 5.73 Å². The molecular formula is C13H15BrN2S. The molecule has 0 amide bonds. The predicted molar refractivity (Wildman–Crippen MR) is 77.2 cm³/mol. The Hall–Kier alpha value is -0.710. The maximum absolute atomic E-state index is 5.75. The van der Waals surface area contributed by atoms with Crippen LogP contribution >= 0.6 is 27.3 Å². The lowest BCUT2D eigenvalue weighted by Crippen LogP contribution is -2.15. The van der Waals surface area contributed by atoms with Crippen LogP contribution in [0.3, 0.4) is 0 Å². The topological polar surface area (TPSA) is 38.9 Å². The Bertz CT molecular complexity index is 494. The molecule has 0 saturated heterocycles. The summed E-state index contributed by atoms with van der Waals surface area (Å²) in [5, 5.41) is 3.20. The number of aryl methyl sites for hydroxylation is 1. The molecule has 1 unspecified atom stereocenters. The summed E-state index contributed by atoms with van der Waals surface area (Å²) in [5.74, 6) is 0. The average molecular weight is 311 g/mol. The second-order valence-corrected chi connectivity index (χ2v) is 5.94. The summed E-state index contributed by atoms with van der Waals surface area (Å²) in [6.07, 6.45) is 1.95. The second-order valence-electron chi connectivity index (χ2n) is 4.17. The lowest BCUT2D eigenvalue weighted by atomic mass is 10.1. The smallest absolute Gasteiger partial charge is 0.123 e. The minimum atomic E-state index is 0.242. The van der Waals surface area contributed by atoms with Gasteiger partial charge >= 0.3 is 0 Å². The molecule has 0 spiro atoms. The van der Waals surface area contributed by atoms with E-state index in [0.29, 0.717) is 0 Å². The maximum atomic E-state index is 5.75. The number of thiazole rings is 1. The first-order valence-corrected chi connectivity index (χ1v) is 7.28. The van der Waals surface area contributed by atoms with Gasteiger partial charge in [0.05, 0.1) is 5.69 Å². The zero-order chi connectivity index (χ0) is 12.3. The van der Waals surface area contributed by atoms with Gasteiger partial charge in [-0.1, -0.05) is 28.1 Å². The fraction of sp³-hybridized carbons (Fsp3) is 0.308. The zero-order valence-electron chi connectivity index (χ0n) is 9.69. The highest BCUT2D eigenvalue weighted by Gasteiger charge is 2.05. The number of benzene rings is 1. The minimum Gasteiger partial charge on any atom is -0.328 e. The van der Waals surface area contributed by atoms with Crippen molar-refractivity contribution in [3.05, 3.63) is 39.8 Å². The van der Waals surface area contributed by atoms with E-state index in [0.717, 1.165) is 33.6 Å². The lowest BCUT2D eigenvalue weighted by molar-refractivity contribution is 0.660. The van der Waals surface area contributed by atoms with Crippen molar-refractivity contribution in [1.29, 1.82) is 0 Å². The molecule has 90 valence electrons. The number of nitrogens with zero attached hydrogens (tertiary/aromatic N) is 1. The van der Waals surface area contributed by atoms with E-state index >= 15 is 0 Å². The van der Waals surface area contributed by atoms with E-state index in [9.17, 15) is 0 Å². The van der Waals surface area contributed by atoms with E-state index in [1.54, 1.807) is 11.3 Å². The molecule has 2 N–H and O–H groups in total. The van der Waals surface area contributed by atoms with Crippen molar-refractivity contribution in [2.45, 2.75) is 25.8 Å². The fourth-order valence-electron chi connectivity index (χ4n) is 1.55. The van der Waals surface area contributed by atoms with Gasteiger partial charge in [-0.15, -0.1) is 11.3 Å². The molecule has 0 aliphatic rings. The van der Waals surface area contributed by atoms with Gasteiger partial charge in [-0.2, -0.15) is 0 Å². The van der Waals surface area contributed by atoms with Gasteiger partial charge in [-0.05, 0) is 31.9 Å². The summed E-state index contributed by atoms with van der Waals surface area (Å²) >= 11 is 5.17. The fourth-order valence-corrected chi connectivity index (χ4v) is 2.80. The third-order valence-corrected chi connectivity index (χ3v) is 3.91. The van der Waals surface area contributed by atoms with Gasteiger partial charge in [0.25, 0.3) is 0 Å². The molecule has 4 heteroatoms. The van der Waals surface area contributed by atoms with Gasteiger partial charge in [0.2, 0.25) is 0 Å². The Kier molecular flexibility index (Phi) is 4.31. The summed E-state index contributed by atoms with van der Waals surface area (Å²) in [7, 11) is 0. The van der Waals surface area contributed by atoms with Crippen molar-refractivity contribution in [3.8, 4) is 10.6 Å². The zero-order valence-corrected chi connectivity index (χ0v) is 12.1. The van der Waals surface area contributed by atoms with Crippen molar-refractivity contribution < 1.29 is 0 Å². The molecule has 1 aromatic heterocycles. The molecule has 2 nitrogen and oxygen atoms in total. The van der Waals surface area contributed by atoms with Crippen LogP contribution in [0.25, 0.3) is 10.6 Å². The lowest BCUT2D eigenvalue weighted by Gasteiger charge is -2.01. The highest BCUT2D eigenvalue weighted by molar-refractivity contribution is 9.10. The third kappa shape index (κ3) is 3.63. The third-order valence-electron chi connectivity index (χ3n) is 2.48. The van der Waals surface area contributed by atoms with Crippen LogP contribution in [0.1, 0.15) is 19.0 Å². The highest BCUT2D eigenvalue weighted by Crippen LogP contribution is 2.26. The molecule has 1 atom stereocenters. The van der Waals surface area contributed by atoms with Gasteiger partial charge in [-0.25, -0.2) is 4.98 Å². The standard InChI is InChI=1S/C13H15BrN2S/c1-9(15)5-6-12-8-17-13(16-12)10-3-2-4-11(14)7-10/h2-4,7-9H,5-6,15H2,1H3. The Morgan fingerprint density at radius 2 is 2.29 bits per heavy atom. The molecule has 0 aliphatic heterocycles. The SMILES string of the molecule is CC(N)CCc1csc(-c2cccc(Br)c2)n1. The Morgan fingerprint density at radius 3 is 3.00 bits per heavy atom. The number of halogens is 1. The number of hydrogen-bond donors (Lipinski definition) is 1. The van der Waals surface area contributed by atoms with E-state index in [4.69, 9.17) is 5.73 Å². The van der Waals surface area contributed by atoms with Crippen molar-refractivity contribution in [2.75, 3.05) is 0 Å². The van der Waals surface area contributed by atoms with Crippen LogP contribution in [0.5, 0.6) is 0 Å². The quantitative estimate of drug-likeness (QED) is 0.931. The van der Waals surface area contributed by atoms with Gasteiger partial charge in [0, 0.05) is 21.5 Å². The van der Waals surface area contributed by atoms with E-state index < -0.39 is 0 Å². The molecule has 0 radical (unpaired) electrons. The average Bonchev–Trinajstić information content (AvgIpc) is 2.75. The van der Waals surface area contributed by atoms with E-state index in [1.165, 1.54) is 0 Å². The summed E-state index contributed by atoms with van der Waals surface area (Å²) in [6, 6.07) is 8.47. The first-order chi connectivity index (χ1) is 8.15. The normalized spacial score (nSPS) is 12.6. The molecule has 1 heterocycles. The molecule has 0 saturated carbocycles. The first-order valence-electron chi connectivity index (χ1n) is 5.61. The molecule has 17 heavy (non-hydrogen) atoms. The summed E-state index contributed by atoms with van der Waals surface area (Å²) in [6.45, 7) is 2.03. The molecule has 2 aromatic rings. The highest BCUT2D eigenvalue weighted by atomic mass is 79.9. The van der Waals surface area contributed by atoms with E-state index in [2.05, 4.69) is 38.4 Å². The molecule has 0 fully saturated rings. The summed E-state index contributed by atoms with van der Waals surface area (Å²) in [4.78, 5) is 4.64. The number of aromatic nitrogens is 1. The molecule has 0 aliphatic carbocycles. The second kappa shape index (κ2) is 5.76. The number of nitrogens with two attached hydrogens (primary N) is 1. The maximum Gasteiger partial charge on any atom is 0.123 e. The van der Waals surface area contributed by atoms with Gasteiger partial charge in [-0.3, -0.25) is 0 Å². The molecule has 0 bridgehead atoms. The molecule has 2 rings (SSSR count). The molecular weight excluding hydrogens is 296 g/mol. The first kappa shape index (κ1) is 12.7. The van der Waals surface area contributed by atoms with Crippen LogP contribution in [0.15, 0.2) is 34.1 Å². The van der Waals surface area contributed by atoms with Crippen LogP contribution in [0, 0.1) is 0 Å². The van der Waals surface area contributed by atoms with Crippen molar-refractivity contribution in [3.63, 3.8) is 0 Å². The Labute approximate surface area is 114 Å². The van der Waals surface area contributed by atoms with E-state index in [-0.39, 0.29) is 6.04 Å². The molecule has 1 aromatic carbocycles. The van der Waals surface area contributed by atoms with Gasteiger partial charge in [0.1, 0.15) is 5.01 Å². The van der Waals surface area contributed by atoms with Crippen LogP contribution in [-0.2, 0) is 6.42 Å². The Balaban J connectivity index is 2.12. The van der Waals surface area contributed by atoms with Crippen molar-refractivity contribution >= 4 is 27.3 Å². The summed E-state index contributed by atoms with van der Waals surface area (Å²) in [5.41, 5.74) is 8.05. The minimum absolute atomic E-state index is 0.242. The van der Waals surface area contributed by atoms with Gasteiger partial charge < -0.3 is 5.73 Å².